The second-order valence-corrected chi connectivity index (χ2v) is 3.58. The molecule has 0 spiro atoms. The molecule has 1 aromatic rings. The molecule has 0 bridgehead atoms. The molecule has 1 aromatic heterocycles. The van der Waals surface area contributed by atoms with Gasteiger partial charge in [0.2, 0.25) is 5.28 Å². The lowest BCUT2D eigenvalue weighted by molar-refractivity contribution is -0.109. The number of nitrogens with zero attached hydrogens (tertiary/aromatic N) is 2. The van der Waals surface area contributed by atoms with Crippen LogP contribution in [0.2, 0.25) is 5.28 Å². The zero-order valence-electron chi connectivity index (χ0n) is 9.84. The van der Waals surface area contributed by atoms with Gasteiger partial charge in [0.25, 0.3) is 0 Å². The first-order valence-corrected chi connectivity index (χ1v) is 5.32. The smallest absolute Gasteiger partial charge is 0.356 e. The Bertz CT molecular complexity index is 441. The van der Waals surface area contributed by atoms with Crippen molar-refractivity contribution >= 4 is 29.7 Å². The highest BCUT2D eigenvalue weighted by Crippen LogP contribution is 2.12. The van der Waals surface area contributed by atoms with E-state index in [2.05, 4.69) is 20.0 Å². The Balaban J connectivity index is 2.91. The van der Waals surface area contributed by atoms with Crippen LogP contribution in [0.4, 0.5) is 5.82 Å². The molecule has 1 atom stereocenters. The number of aldehydes is 1. The lowest BCUT2D eigenvalue weighted by Gasteiger charge is -2.12. The molecule has 0 aliphatic carbocycles. The molecule has 0 aliphatic rings. The molecule has 0 saturated carbocycles. The van der Waals surface area contributed by atoms with Gasteiger partial charge in [-0.05, 0) is 11.6 Å². The van der Waals surface area contributed by atoms with E-state index >= 15 is 0 Å². The van der Waals surface area contributed by atoms with Crippen LogP contribution in [0.5, 0.6) is 0 Å². The summed E-state index contributed by atoms with van der Waals surface area (Å²) in [4.78, 5) is 29.6. The topological polar surface area (TPSA) is 90.4 Å². The molecule has 1 N–H and O–H groups in total. The fourth-order valence-electron chi connectivity index (χ4n) is 1.19. The van der Waals surface area contributed by atoms with Gasteiger partial charge in [-0.2, -0.15) is 0 Å². The fraction of sp³-hybridized carbons (Fsp3) is 0.400. The van der Waals surface area contributed by atoms with Crippen molar-refractivity contribution in [3.63, 3.8) is 0 Å². The summed E-state index contributed by atoms with van der Waals surface area (Å²) in [5.41, 5.74) is 0.00191. The molecule has 0 saturated heterocycles. The number of carbonyl (C=O) groups excluding carboxylic acids is 2. The van der Waals surface area contributed by atoms with Crippen LogP contribution in [0.15, 0.2) is 6.07 Å². The second-order valence-electron chi connectivity index (χ2n) is 3.24. The summed E-state index contributed by atoms with van der Waals surface area (Å²) in [5.74, 6) is -0.402. The Morgan fingerprint density at radius 2 is 2.28 bits per heavy atom. The Morgan fingerprint density at radius 3 is 2.83 bits per heavy atom. The molecule has 0 fully saturated rings. The molecule has 0 aromatic carbocycles. The number of rotatable bonds is 6. The van der Waals surface area contributed by atoms with E-state index < -0.39 is 12.0 Å². The molecular formula is C10H12ClN3O4. The van der Waals surface area contributed by atoms with Crippen molar-refractivity contribution in [1.82, 2.24) is 9.97 Å². The van der Waals surface area contributed by atoms with Crippen LogP contribution >= 0.6 is 11.6 Å². The predicted molar refractivity (Wildman–Crippen MR) is 63.7 cm³/mol. The van der Waals surface area contributed by atoms with Gasteiger partial charge < -0.3 is 19.6 Å². The van der Waals surface area contributed by atoms with E-state index in [1.165, 1.54) is 20.3 Å². The van der Waals surface area contributed by atoms with Crippen molar-refractivity contribution in [2.24, 2.45) is 0 Å². The fourth-order valence-corrected chi connectivity index (χ4v) is 1.37. The summed E-state index contributed by atoms with van der Waals surface area (Å²) in [6.07, 6.45) is 0.664. The lowest BCUT2D eigenvalue weighted by atomic mass is 10.3. The van der Waals surface area contributed by atoms with Crippen molar-refractivity contribution < 1.29 is 19.1 Å². The van der Waals surface area contributed by atoms with Crippen molar-refractivity contribution in [3.05, 3.63) is 17.0 Å². The van der Waals surface area contributed by atoms with E-state index in [4.69, 9.17) is 16.3 Å². The quantitative estimate of drug-likeness (QED) is 0.459. The van der Waals surface area contributed by atoms with Gasteiger partial charge in [0.15, 0.2) is 5.69 Å². The number of methoxy groups -OCH3 is 2. The zero-order valence-corrected chi connectivity index (χ0v) is 10.6. The number of esters is 1. The van der Waals surface area contributed by atoms with Gasteiger partial charge in [-0.15, -0.1) is 0 Å². The van der Waals surface area contributed by atoms with E-state index in [1.807, 2.05) is 0 Å². The largest absolute Gasteiger partial charge is 0.464 e. The average Bonchev–Trinajstić information content (AvgIpc) is 2.36. The van der Waals surface area contributed by atoms with Crippen LogP contribution in [0.1, 0.15) is 10.5 Å². The summed E-state index contributed by atoms with van der Waals surface area (Å²) in [5, 5.41) is 2.63. The second kappa shape index (κ2) is 6.87. The van der Waals surface area contributed by atoms with E-state index in [9.17, 15) is 9.59 Å². The normalized spacial score (nSPS) is 11.7. The van der Waals surface area contributed by atoms with E-state index in [1.54, 1.807) is 0 Å². The molecule has 18 heavy (non-hydrogen) atoms. The molecule has 7 nitrogen and oxygen atoms in total. The Labute approximate surface area is 108 Å². The highest BCUT2D eigenvalue weighted by Gasteiger charge is 2.13. The summed E-state index contributed by atoms with van der Waals surface area (Å²) >= 11 is 5.67. The molecule has 8 heteroatoms. The monoisotopic (exact) mass is 273 g/mol. The lowest BCUT2D eigenvalue weighted by Crippen LogP contribution is -2.27. The first-order valence-electron chi connectivity index (χ1n) is 4.94. The summed E-state index contributed by atoms with van der Waals surface area (Å²) in [6.45, 7) is 0.165. The molecule has 1 heterocycles. The summed E-state index contributed by atoms with van der Waals surface area (Å²) in [7, 11) is 2.69. The SMILES string of the molecule is COC[C@@H](C=O)Nc1cc(C(=O)OC)nc(Cl)n1. The van der Waals surface area contributed by atoms with Crippen LogP contribution in [0.25, 0.3) is 0 Å². The Kier molecular flexibility index (Phi) is 5.47. The first-order chi connectivity index (χ1) is 8.60. The number of aromatic nitrogens is 2. The Morgan fingerprint density at radius 1 is 1.56 bits per heavy atom. The number of anilines is 1. The average molecular weight is 274 g/mol. The van der Waals surface area contributed by atoms with Crippen LogP contribution in [-0.2, 0) is 14.3 Å². The third kappa shape index (κ3) is 3.94. The molecule has 98 valence electrons. The Hall–Kier alpha value is -1.73. The first kappa shape index (κ1) is 14.3. The van der Waals surface area contributed by atoms with Crippen molar-refractivity contribution in [2.45, 2.75) is 6.04 Å². The number of ether oxygens (including phenoxy) is 2. The zero-order chi connectivity index (χ0) is 13.5. The van der Waals surface area contributed by atoms with E-state index in [-0.39, 0.29) is 23.4 Å². The van der Waals surface area contributed by atoms with Gasteiger partial charge in [-0.3, -0.25) is 0 Å². The third-order valence-electron chi connectivity index (χ3n) is 1.94. The third-order valence-corrected chi connectivity index (χ3v) is 2.11. The minimum absolute atomic E-state index is 0.00191. The molecule has 0 radical (unpaired) electrons. The van der Waals surface area contributed by atoms with Crippen LogP contribution in [-0.4, -0.2) is 49.1 Å². The van der Waals surface area contributed by atoms with Crippen molar-refractivity contribution in [2.75, 3.05) is 26.1 Å². The van der Waals surface area contributed by atoms with Gasteiger partial charge in [0.05, 0.1) is 13.7 Å². The number of carbonyl (C=O) groups is 2. The van der Waals surface area contributed by atoms with Gasteiger partial charge in [-0.1, -0.05) is 0 Å². The minimum atomic E-state index is -0.642. The predicted octanol–water partition coefficient (Wildman–Crippen LogP) is 0.542. The van der Waals surface area contributed by atoms with Crippen molar-refractivity contribution in [3.8, 4) is 0 Å². The van der Waals surface area contributed by atoms with E-state index in [0.717, 1.165) is 0 Å². The minimum Gasteiger partial charge on any atom is -0.464 e. The molecule has 0 unspecified atom stereocenters. The van der Waals surface area contributed by atoms with Gasteiger partial charge in [-0.25, -0.2) is 14.8 Å². The van der Waals surface area contributed by atoms with Crippen LogP contribution in [0.3, 0.4) is 0 Å². The number of hydrogen-bond donors (Lipinski definition) is 1. The molecule has 1 rings (SSSR count). The van der Waals surface area contributed by atoms with Crippen LogP contribution < -0.4 is 5.32 Å². The summed E-state index contributed by atoms with van der Waals surface area (Å²) < 4.78 is 9.35. The molecule has 0 amide bonds. The maximum Gasteiger partial charge on any atom is 0.356 e. The highest BCUT2D eigenvalue weighted by atomic mass is 35.5. The number of hydrogen-bond acceptors (Lipinski definition) is 7. The molecular weight excluding hydrogens is 262 g/mol. The number of nitrogens with one attached hydrogen (secondary N) is 1. The number of halogens is 1. The standard InChI is InChI=1S/C10H12ClN3O4/c1-17-5-6(4-15)12-8-3-7(9(16)18-2)13-10(11)14-8/h3-4,6H,5H2,1-2H3,(H,12,13,14)/t6-/m1/s1. The van der Waals surface area contributed by atoms with Gasteiger partial charge >= 0.3 is 5.97 Å². The molecule has 0 aliphatic heterocycles. The highest BCUT2D eigenvalue weighted by molar-refractivity contribution is 6.28. The maximum absolute atomic E-state index is 11.3. The van der Waals surface area contributed by atoms with Crippen LogP contribution in [0, 0.1) is 0 Å². The van der Waals surface area contributed by atoms with Gasteiger partial charge in [0.1, 0.15) is 18.1 Å². The van der Waals surface area contributed by atoms with Crippen molar-refractivity contribution in [1.29, 1.82) is 0 Å². The maximum atomic E-state index is 11.3. The summed E-state index contributed by atoms with van der Waals surface area (Å²) in [6, 6.07) is 0.746. The van der Waals surface area contributed by atoms with E-state index in [0.29, 0.717) is 6.29 Å². The van der Waals surface area contributed by atoms with Gasteiger partial charge in [0, 0.05) is 13.2 Å².